The van der Waals surface area contributed by atoms with Gasteiger partial charge in [-0.15, -0.1) is 0 Å². The Labute approximate surface area is 119 Å². The summed E-state index contributed by atoms with van der Waals surface area (Å²) in [6.07, 6.45) is 1.79. The van der Waals surface area contributed by atoms with E-state index < -0.39 is 0 Å². The normalized spacial score (nSPS) is 22.2. The van der Waals surface area contributed by atoms with Crippen LogP contribution < -0.4 is 16.0 Å². The van der Waals surface area contributed by atoms with Crippen LogP contribution in [0.4, 0.5) is 5.69 Å². The molecule has 2 atom stereocenters. The van der Waals surface area contributed by atoms with Crippen molar-refractivity contribution in [1.82, 2.24) is 0 Å². The third-order valence-electron chi connectivity index (χ3n) is 3.77. The summed E-state index contributed by atoms with van der Waals surface area (Å²) in [7, 11) is 0. The maximum Gasteiger partial charge on any atom is 0.279 e. The van der Waals surface area contributed by atoms with E-state index >= 15 is 0 Å². The summed E-state index contributed by atoms with van der Waals surface area (Å²) in [5.41, 5.74) is 7.31. The zero-order valence-corrected chi connectivity index (χ0v) is 11.8. The van der Waals surface area contributed by atoms with Gasteiger partial charge in [0.2, 0.25) is 5.91 Å². The topological polar surface area (TPSA) is 76.6 Å². The first-order chi connectivity index (χ1) is 9.54. The Hall–Kier alpha value is -1.88. The van der Waals surface area contributed by atoms with Crippen LogP contribution in [0.25, 0.3) is 0 Å². The number of carbonyl (C=O) groups excluding carboxylic acids is 2. The zero-order valence-electron chi connectivity index (χ0n) is 11.8. The molecule has 20 heavy (non-hydrogen) atoms. The standard InChI is InChI=1S/C15H21N3O2/c1-11-4-6-13(7-5-11)17-14(19)10-18-8-2-3-12(9-18)15(16)20/h4-7,12H,2-3,8-10H2,1H3,(H2,16,20)(H,17,19)/p+1/t12-/m1/s1. The number of nitrogens with two attached hydrogens (primary N) is 1. The van der Waals surface area contributed by atoms with E-state index in [4.69, 9.17) is 5.73 Å². The molecule has 1 aromatic carbocycles. The van der Waals surface area contributed by atoms with Crippen LogP contribution in [0.5, 0.6) is 0 Å². The average molecular weight is 276 g/mol. The van der Waals surface area contributed by atoms with Gasteiger partial charge >= 0.3 is 0 Å². The molecule has 1 heterocycles. The fourth-order valence-electron chi connectivity index (χ4n) is 2.62. The van der Waals surface area contributed by atoms with E-state index in [1.807, 2.05) is 31.2 Å². The molecule has 1 unspecified atom stereocenters. The number of rotatable bonds is 4. The summed E-state index contributed by atoms with van der Waals surface area (Å²) in [6.45, 7) is 3.98. The summed E-state index contributed by atoms with van der Waals surface area (Å²) < 4.78 is 0. The fraction of sp³-hybridized carbons (Fsp3) is 0.467. The predicted octanol–water partition coefficient (Wildman–Crippen LogP) is -0.286. The third-order valence-corrected chi connectivity index (χ3v) is 3.77. The number of anilines is 1. The lowest BCUT2D eigenvalue weighted by molar-refractivity contribution is -0.899. The minimum Gasteiger partial charge on any atom is -0.369 e. The van der Waals surface area contributed by atoms with Gasteiger partial charge in [0.15, 0.2) is 6.54 Å². The molecule has 1 saturated heterocycles. The molecule has 1 aliphatic heterocycles. The Morgan fingerprint density at radius 3 is 2.70 bits per heavy atom. The maximum absolute atomic E-state index is 12.0. The van der Waals surface area contributed by atoms with Gasteiger partial charge in [0.25, 0.3) is 5.91 Å². The molecule has 0 aliphatic carbocycles. The van der Waals surface area contributed by atoms with E-state index in [-0.39, 0.29) is 17.7 Å². The third kappa shape index (κ3) is 4.06. The average Bonchev–Trinajstić information content (AvgIpc) is 2.41. The Kier molecular flexibility index (Phi) is 4.74. The van der Waals surface area contributed by atoms with Crippen LogP contribution >= 0.6 is 0 Å². The van der Waals surface area contributed by atoms with Crippen molar-refractivity contribution in [3.8, 4) is 0 Å². The molecule has 0 spiro atoms. The molecule has 2 rings (SSSR count). The Bertz CT molecular complexity index is 484. The molecular weight excluding hydrogens is 254 g/mol. The number of carbonyl (C=O) groups is 2. The maximum atomic E-state index is 12.0. The van der Waals surface area contributed by atoms with E-state index in [1.165, 1.54) is 0 Å². The molecule has 2 amide bonds. The molecule has 0 bridgehead atoms. The minimum absolute atomic E-state index is 0.0195. The Morgan fingerprint density at radius 1 is 1.35 bits per heavy atom. The van der Waals surface area contributed by atoms with Crippen LogP contribution in [-0.4, -0.2) is 31.4 Å². The van der Waals surface area contributed by atoms with Gasteiger partial charge in [0.05, 0.1) is 19.0 Å². The van der Waals surface area contributed by atoms with Crippen molar-refractivity contribution in [3.63, 3.8) is 0 Å². The minimum atomic E-state index is -0.249. The van der Waals surface area contributed by atoms with Gasteiger partial charge in [0.1, 0.15) is 0 Å². The molecular formula is C15H22N3O2+. The van der Waals surface area contributed by atoms with Gasteiger partial charge < -0.3 is 16.0 Å². The summed E-state index contributed by atoms with van der Waals surface area (Å²) in [4.78, 5) is 24.3. The highest BCUT2D eigenvalue weighted by Crippen LogP contribution is 2.08. The molecule has 108 valence electrons. The number of hydrogen-bond acceptors (Lipinski definition) is 2. The van der Waals surface area contributed by atoms with Crippen molar-refractivity contribution >= 4 is 17.5 Å². The molecule has 0 aromatic heterocycles. The Balaban J connectivity index is 1.85. The highest BCUT2D eigenvalue weighted by Gasteiger charge is 2.28. The number of benzene rings is 1. The van der Waals surface area contributed by atoms with Gasteiger partial charge in [0, 0.05) is 5.69 Å². The van der Waals surface area contributed by atoms with Crippen molar-refractivity contribution in [2.45, 2.75) is 19.8 Å². The highest BCUT2D eigenvalue weighted by molar-refractivity contribution is 5.91. The first-order valence-electron chi connectivity index (χ1n) is 7.04. The van der Waals surface area contributed by atoms with Gasteiger partial charge in [-0.2, -0.15) is 0 Å². The van der Waals surface area contributed by atoms with Crippen molar-refractivity contribution < 1.29 is 14.5 Å². The van der Waals surface area contributed by atoms with E-state index in [2.05, 4.69) is 5.32 Å². The first-order valence-corrected chi connectivity index (χ1v) is 7.04. The number of quaternary nitrogens is 1. The van der Waals surface area contributed by atoms with Crippen molar-refractivity contribution in [1.29, 1.82) is 0 Å². The number of nitrogens with one attached hydrogen (secondary N) is 2. The van der Waals surface area contributed by atoms with Crippen LogP contribution in [0.15, 0.2) is 24.3 Å². The summed E-state index contributed by atoms with van der Waals surface area (Å²) in [6, 6.07) is 7.72. The monoisotopic (exact) mass is 276 g/mol. The van der Waals surface area contributed by atoms with Gasteiger partial charge in [-0.05, 0) is 31.9 Å². The number of aryl methyl sites for hydroxylation is 1. The number of hydrogen-bond donors (Lipinski definition) is 3. The second-order valence-corrected chi connectivity index (χ2v) is 5.54. The fourth-order valence-corrected chi connectivity index (χ4v) is 2.62. The van der Waals surface area contributed by atoms with E-state index in [9.17, 15) is 9.59 Å². The summed E-state index contributed by atoms with van der Waals surface area (Å²) in [5.74, 6) is -0.360. The van der Waals surface area contributed by atoms with Crippen molar-refractivity contribution in [2.75, 3.05) is 25.0 Å². The highest BCUT2D eigenvalue weighted by atomic mass is 16.2. The second kappa shape index (κ2) is 6.52. The first kappa shape index (κ1) is 14.5. The predicted molar refractivity (Wildman–Crippen MR) is 77.3 cm³/mol. The van der Waals surface area contributed by atoms with E-state index in [0.29, 0.717) is 13.1 Å². The number of piperidine rings is 1. The number of likely N-dealkylation sites (tertiary alicyclic amines) is 1. The molecule has 4 N–H and O–H groups in total. The van der Waals surface area contributed by atoms with Crippen molar-refractivity contribution in [3.05, 3.63) is 29.8 Å². The van der Waals surface area contributed by atoms with Crippen LogP contribution in [0.3, 0.4) is 0 Å². The van der Waals surface area contributed by atoms with Crippen molar-refractivity contribution in [2.24, 2.45) is 11.7 Å². The van der Waals surface area contributed by atoms with Crippen LogP contribution in [0.1, 0.15) is 18.4 Å². The summed E-state index contributed by atoms with van der Waals surface area (Å²) >= 11 is 0. The van der Waals surface area contributed by atoms with Gasteiger partial charge in [-0.25, -0.2) is 0 Å². The van der Waals surface area contributed by atoms with Gasteiger partial charge in [-0.1, -0.05) is 17.7 Å². The van der Waals surface area contributed by atoms with E-state index in [1.54, 1.807) is 0 Å². The molecule has 1 aromatic rings. The lowest BCUT2D eigenvalue weighted by atomic mass is 9.97. The molecule has 0 saturated carbocycles. The molecule has 1 fully saturated rings. The quantitative estimate of drug-likeness (QED) is 0.707. The van der Waals surface area contributed by atoms with Gasteiger partial charge in [-0.3, -0.25) is 9.59 Å². The molecule has 0 radical (unpaired) electrons. The Morgan fingerprint density at radius 2 is 2.05 bits per heavy atom. The molecule has 5 nitrogen and oxygen atoms in total. The smallest absolute Gasteiger partial charge is 0.279 e. The van der Waals surface area contributed by atoms with Crippen LogP contribution in [-0.2, 0) is 9.59 Å². The SMILES string of the molecule is Cc1ccc(NC(=O)C[NH+]2CCC[C@@H](C(N)=O)C2)cc1. The lowest BCUT2D eigenvalue weighted by Gasteiger charge is -2.27. The van der Waals surface area contributed by atoms with E-state index in [0.717, 1.165) is 35.5 Å². The number of primary amides is 1. The summed E-state index contributed by atoms with van der Waals surface area (Å²) in [5, 5.41) is 2.88. The zero-order chi connectivity index (χ0) is 14.5. The molecule has 5 heteroatoms. The van der Waals surface area contributed by atoms with Crippen LogP contribution in [0, 0.1) is 12.8 Å². The molecule has 1 aliphatic rings. The lowest BCUT2D eigenvalue weighted by Crippen LogP contribution is -3.14. The largest absolute Gasteiger partial charge is 0.369 e. The van der Waals surface area contributed by atoms with Crippen LogP contribution in [0.2, 0.25) is 0 Å². The number of amides is 2. The second-order valence-electron chi connectivity index (χ2n) is 5.54.